The molecule has 24 heavy (non-hydrogen) atoms. The number of hydrogen-bond acceptors (Lipinski definition) is 7. The predicted molar refractivity (Wildman–Crippen MR) is 89.4 cm³/mol. The Morgan fingerprint density at radius 3 is 2.08 bits per heavy atom. The quantitative estimate of drug-likeness (QED) is 0.452. The van der Waals surface area contributed by atoms with Crippen LogP contribution < -0.4 is 0 Å². The Hall–Kier alpha value is -1.04. The Balaban J connectivity index is 2.96. The van der Waals surface area contributed by atoms with Crippen LogP contribution in [0.2, 0.25) is 0 Å². The van der Waals surface area contributed by atoms with Crippen LogP contribution in [-0.2, 0) is 32.6 Å². The molecule has 1 heterocycles. The van der Waals surface area contributed by atoms with Gasteiger partial charge in [0.05, 0.1) is 13.2 Å². The summed E-state index contributed by atoms with van der Waals surface area (Å²) in [7, 11) is -3.66. The van der Waals surface area contributed by atoms with Gasteiger partial charge >= 0.3 is 13.6 Å². The Labute approximate surface area is 144 Å². The van der Waals surface area contributed by atoms with E-state index in [2.05, 4.69) is 0 Å². The van der Waals surface area contributed by atoms with E-state index in [0.29, 0.717) is 6.42 Å². The summed E-state index contributed by atoms with van der Waals surface area (Å²) in [4.78, 5) is 12.6. The lowest BCUT2D eigenvalue weighted by Crippen LogP contribution is -2.35. The lowest BCUT2D eigenvalue weighted by Gasteiger charge is -2.30. The molecule has 1 unspecified atom stereocenters. The van der Waals surface area contributed by atoms with Gasteiger partial charge in [0.2, 0.25) is 5.79 Å². The zero-order valence-corrected chi connectivity index (χ0v) is 16.3. The minimum absolute atomic E-state index is 0.169. The summed E-state index contributed by atoms with van der Waals surface area (Å²) in [5.74, 6) is -1.51. The van der Waals surface area contributed by atoms with Crippen LogP contribution in [0.4, 0.5) is 0 Å². The molecule has 0 spiro atoms. The summed E-state index contributed by atoms with van der Waals surface area (Å²) in [5.41, 5.74) is -1.74. The van der Waals surface area contributed by atoms with Crippen molar-refractivity contribution in [3.8, 4) is 0 Å². The molecule has 0 bridgehead atoms. The zero-order valence-electron chi connectivity index (χ0n) is 15.4. The van der Waals surface area contributed by atoms with Crippen LogP contribution in [0.1, 0.15) is 54.4 Å². The van der Waals surface area contributed by atoms with Crippen molar-refractivity contribution in [3.63, 3.8) is 0 Å². The first kappa shape index (κ1) is 21.0. The second-order valence-corrected chi connectivity index (χ2v) is 8.82. The third kappa shape index (κ3) is 6.11. The lowest BCUT2D eigenvalue weighted by atomic mass is 10.1. The summed E-state index contributed by atoms with van der Waals surface area (Å²) in [6.07, 6.45) is 3.39. The van der Waals surface area contributed by atoms with Crippen molar-refractivity contribution >= 4 is 13.6 Å². The molecular formula is C16H29O7P. The van der Waals surface area contributed by atoms with Gasteiger partial charge in [0.25, 0.3) is 0 Å². The summed E-state index contributed by atoms with van der Waals surface area (Å²) < 4.78 is 40.0. The molecule has 0 aromatic heterocycles. The molecule has 1 rings (SSSR count). The predicted octanol–water partition coefficient (Wildman–Crippen LogP) is 3.98. The topological polar surface area (TPSA) is 80.3 Å². The maximum Gasteiger partial charge on any atom is 0.344 e. The van der Waals surface area contributed by atoms with Crippen LogP contribution in [0.3, 0.4) is 0 Å². The number of hydrogen-bond donors (Lipinski definition) is 0. The van der Waals surface area contributed by atoms with Crippen LogP contribution in [0.25, 0.3) is 0 Å². The molecule has 1 aliphatic rings. The van der Waals surface area contributed by atoms with E-state index >= 15 is 0 Å². The van der Waals surface area contributed by atoms with Crippen molar-refractivity contribution < 1.29 is 32.6 Å². The van der Waals surface area contributed by atoms with Crippen molar-refractivity contribution in [1.29, 1.82) is 0 Å². The Morgan fingerprint density at radius 1 is 1.17 bits per heavy atom. The largest absolute Gasteiger partial charge is 0.459 e. The molecule has 140 valence electrons. The third-order valence-corrected chi connectivity index (χ3v) is 5.71. The van der Waals surface area contributed by atoms with Gasteiger partial charge in [0.15, 0.2) is 5.66 Å². The van der Waals surface area contributed by atoms with E-state index in [4.69, 9.17) is 23.3 Å². The fourth-order valence-corrected chi connectivity index (χ4v) is 4.15. The highest BCUT2D eigenvalue weighted by molar-refractivity contribution is 7.55. The van der Waals surface area contributed by atoms with E-state index in [0.717, 1.165) is 0 Å². The standard InChI is InChI=1S/C16H29O7P/c1-7-21-24(18,22-8-2)13(14(17)23-15(3,4)5)9-10-16(6)19-11-12-20-16/h11-13H,7-10H2,1-6H3. The number of esters is 1. The second-order valence-electron chi connectivity index (χ2n) is 6.61. The average Bonchev–Trinajstić information content (AvgIpc) is 2.84. The Bertz CT molecular complexity index is 477. The fraction of sp³-hybridized carbons (Fsp3) is 0.812. The highest BCUT2D eigenvalue weighted by atomic mass is 31.2. The van der Waals surface area contributed by atoms with Gasteiger partial charge in [0, 0.05) is 13.3 Å². The summed E-state index contributed by atoms with van der Waals surface area (Å²) in [5, 5.41) is 0. The van der Waals surface area contributed by atoms with Crippen LogP contribution in [-0.4, -0.2) is 36.2 Å². The number of rotatable bonds is 9. The molecule has 1 atom stereocenters. The minimum Gasteiger partial charge on any atom is -0.459 e. The van der Waals surface area contributed by atoms with E-state index in [-0.39, 0.29) is 19.6 Å². The molecule has 0 saturated heterocycles. The summed E-state index contributed by atoms with van der Waals surface area (Å²) in [6.45, 7) is 10.7. The van der Waals surface area contributed by atoms with Crippen molar-refractivity contribution in [2.75, 3.05) is 13.2 Å². The van der Waals surface area contributed by atoms with Crippen molar-refractivity contribution in [3.05, 3.63) is 12.5 Å². The molecule has 0 N–H and O–H groups in total. The molecule has 0 saturated carbocycles. The molecule has 1 aliphatic heterocycles. The van der Waals surface area contributed by atoms with Crippen LogP contribution in [0.5, 0.6) is 0 Å². The Kier molecular flexibility index (Phi) is 7.32. The number of carbonyl (C=O) groups is 1. The monoisotopic (exact) mass is 364 g/mol. The fourth-order valence-electron chi connectivity index (χ4n) is 2.24. The zero-order chi connectivity index (χ0) is 18.4. The van der Waals surface area contributed by atoms with Gasteiger partial charge in [-0.3, -0.25) is 9.36 Å². The molecule has 0 aromatic rings. The van der Waals surface area contributed by atoms with Gasteiger partial charge in [-0.25, -0.2) is 0 Å². The normalized spacial score (nSPS) is 17.9. The van der Waals surface area contributed by atoms with E-state index in [1.165, 1.54) is 12.5 Å². The summed E-state index contributed by atoms with van der Waals surface area (Å²) in [6, 6.07) is 0. The third-order valence-electron chi connectivity index (χ3n) is 3.24. The van der Waals surface area contributed by atoms with E-state index in [1.807, 2.05) is 0 Å². The van der Waals surface area contributed by atoms with Gasteiger partial charge in [-0.05, 0) is 41.0 Å². The van der Waals surface area contributed by atoms with E-state index < -0.39 is 30.6 Å². The maximum absolute atomic E-state index is 13.1. The van der Waals surface area contributed by atoms with Crippen molar-refractivity contribution in [2.45, 2.75) is 71.4 Å². The van der Waals surface area contributed by atoms with E-state index in [1.54, 1.807) is 41.5 Å². The Morgan fingerprint density at radius 2 is 1.67 bits per heavy atom. The van der Waals surface area contributed by atoms with Crippen LogP contribution in [0.15, 0.2) is 12.5 Å². The first-order valence-corrected chi connectivity index (χ1v) is 9.79. The molecular weight excluding hydrogens is 335 g/mol. The smallest absolute Gasteiger partial charge is 0.344 e. The highest BCUT2D eigenvalue weighted by Gasteiger charge is 2.45. The van der Waals surface area contributed by atoms with Gasteiger partial charge < -0.3 is 23.3 Å². The molecule has 0 radical (unpaired) electrons. The molecule has 7 nitrogen and oxygen atoms in total. The molecule has 0 amide bonds. The molecule has 0 fully saturated rings. The van der Waals surface area contributed by atoms with Gasteiger partial charge in [-0.1, -0.05) is 0 Å². The maximum atomic E-state index is 13.1. The molecule has 0 aliphatic carbocycles. The van der Waals surface area contributed by atoms with Crippen molar-refractivity contribution in [2.24, 2.45) is 0 Å². The molecule has 8 heteroatoms. The highest BCUT2D eigenvalue weighted by Crippen LogP contribution is 2.55. The van der Waals surface area contributed by atoms with Crippen molar-refractivity contribution in [1.82, 2.24) is 0 Å². The minimum atomic E-state index is -3.66. The van der Waals surface area contributed by atoms with E-state index in [9.17, 15) is 9.36 Å². The molecule has 0 aromatic carbocycles. The van der Waals surface area contributed by atoms with Gasteiger partial charge in [-0.15, -0.1) is 0 Å². The van der Waals surface area contributed by atoms with Crippen LogP contribution >= 0.6 is 7.60 Å². The second kappa shape index (κ2) is 8.37. The average molecular weight is 364 g/mol. The first-order valence-electron chi connectivity index (χ1n) is 8.17. The lowest BCUT2D eigenvalue weighted by molar-refractivity contribution is -0.156. The first-order chi connectivity index (χ1) is 11.1. The number of ether oxygens (including phenoxy) is 3. The van der Waals surface area contributed by atoms with Gasteiger partial charge in [0.1, 0.15) is 18.1 Å². The van der Waals surface area contributed by atoms with Gasteiger partial charge in [-0.2, -0.15) is 0 Å². The number of carbonyl (C=O) groups excluding carboxylic acids is 1. The summed E-state index contributed by atoms with van der Waals surface area (Å²) >= 11 is 0. The van der Waals surface area contributed by atoms with Crippen LogP contribution in [0, 0.1) is 0 Å². The SMILES string of the molecule is CCOP(=O)(OCC)C(CCC1(C)OC=CO1)C(=O)OC(C)(C)C.